The second kappa shape index (κ2) is 11.1. The van der Waals surface area contributed by atoms with E-state index >= 15 is 0 Å². The topological polar surface area (TPSA) is 38.4 Å². The van der Waals surface area contributed by atoms with Gasteiger partial charge in [0.25, 0.3) is 0 Å². The second-order valence-electron chi connectivity index (χ2n) is 12.1. The SMILES string of the molecule is CC(=O)N(c1ccc(-c2ccc(-n3c4ccccc4c4ccccc43)cc2)cc1)c1ccc(-c2cccc3c2oc2ccccc23)cc1. The highest BCUT2D eigenvalue weighted by Crippen LogP contribution is 2.37. The number of nitrogens with zero attached hydrogens (tertiary/aromatic N) is 2. The number of benzene rings is 7. The molecule has 2 heterocycles. The van der Waals surface area contributed by atoms with Crippen molar-refractivity contribution in [2.75, 3.05) is 4.90 Å². The van der Waals surface area contributed by atoms with E-state index in [9.17, 15) is 4.79 Å². The van der Waals surface area contributed by atoms with Crippen LogP contribution in [0.2, 0.25) is 0 Å². The highest BCUT2D eigenvalue weighted by Gasteiger charge is 2.17. The Morgan fingerprint density at radius 3 is 1.60 bits per heavy atom. The van der Waals surface area contributed by atoms with Gasteiger partial charge in [-0.05, 0) is 71.3 Å². The molecule has 0 aliphatic rings. The Hall–Kier alpha value is -6.39. The lowest BCUT2D eigenvalue weighted by atomic mass is 10.0. The van der Waals surface area contributed by atoms with Crippen molar-refractivity contribution in [3.63, 3.8) is 0 Å². The van der Waals surface area contributed by atoms with E-state index in [4.69, 9.17) is 4.42 Å². The summed E-state index contributed by atoms with van der Waals surface area (Å²) in [6, 6.07) is 56.4. The largest absolute Gasteiger partial charge is 0.455 e. The molecule has 4 heteroatoms. The van der Waals surface area contributed by atoms with Gasteiger partial charge in [-0.3, -0.25) is 9.69 Å². The number of carbonyl (C=O) groups is 1. The zero-order valence-electron chi connectivity index (χ0n) is 26.3. The van der Waals surface area contributed by atoms with E-state index in [1.165, 1.54) is 21.8 Å². The van der Waals surface area contributed by atoms with Gasteiger partial charge in [0, 0.05) is 51.1 Å². The van der Waals surface area contributed by atoms with E-state index < -0.39 is 0 Å². The van der Waals surface area contributed by atoms with Gasteiger partial charge >= 0.3 is 0 Å². The van der Waals surface area contributed by atoms with Gasteiger partial charge in [-0.15, -0.1) is 0 Å². The minimum atomic E-state index is -0.0505. The van der Waals surface area contributed by atoms with Crippen LogP contribution in [0.4, 0.5) is 11.4 Å². The smallest absolute Gasteiger partial charge is 0.228 e. The number of hydrogen-bond acceptors (Lipinski definition) is 2. The summed E-state index contributed by atoms with van der Waals surface area (Å²) in [5.41, 5.74) is 11.1. The highest BCUT2D eigenvalue weighted by molar-refractivity contribution is 6.10. The van der Waals surface area contributed by atoms with Crippen molar-refractivity contribution in [1.82, 2.24) is 4.57 Å². The van der Waals surface area contributed by atoms with E-state index in [1.807, 2.05) is 42.5 Å². The summed E-state index contributed by atoms with van der Waals surface area (Å²) in [7, 11) is 0. The summed E-state index contributed by atoms with van der Waals surface area (Å²) < 4.78 is 8.59. The molecule has 0 N–H and O–H groups in total. The molecule has 0 bridgehead atoms. The standard InChI is InChI=1S/C44H30N2O2/c1-29(47)45(34-27-21-32(22-28-34)36-12-8-13-40-39-11-4-7-16-43(39)48-44(36)40)33-23-17-30(18-24-33)31-19-25-35(26-20-31)46-41-14-5-2-9-37(41)38-10-3-6-15-42(38)46/h2-28H,1H3. The Kier molecular flexibility index (Phi) is 6.47. The summed E-state index contributed by atoms with van der Waals surface area (Å²) in [5.74, 6) is -0.0505. The Balaban J connectivity index is 1.00. The number of furan rings is 1. The van der Waals surface area contributed by atoms with Crippen molar-refractivity contribution in [1.29, 1.82) is 0 Å². The van der Waals surface area contributed by atoms with Crippen LogP contribution >= 0.6 is 0 Å². The molecule has 9 rings (SSSR count). The van der Waals surface area contributed by atoms with Crippen LogP contribution in [0.3, 0.4) is 0 Å². The molecule has 0 atom stereocenters. The highest BCUT2D eigenvalue weighted by atomic mass is 16.3. The molecule has 2 aromatic heterocycles. The molecule has 4 nitrogen and oxygen atoms in total. The zero-order valence-corrected chi connectivity index (χ0v) is 26.3. The maximum atomic E-state index is 13.0. The first-order chi connectivity index (χ1) is 23.6. The number of aromatic nitrogens is 1. The van der Waals surface area contributed by atoms with E-state index in [0.717, 1.165) is 61.3 Å². The van der Waals surface area contributed by atoms with Crippen molar-refractivity contribution in [2.45, 2.75) is 6.92 Å². The van der Waals surface area contributed by atoms with Crippen molar-refractivity contribution in [2.24, 2.45) is 0 Å². The van der Waals surface area contributed by atoms with E-state index in [0.29, 0.717) is 0 Å². The van der Waals surface area contributed by atoms with Crippen LogP contribution in [-0.2, 0) is 4.79 Å². The molecule has 0 radical (unpaired) electrons. The van der Waals surface area contributed by atoms with Gasteiger partial charge in [-0.1, -0.05) is 109 Å². The van der Waals surface area contributed by atoms with Gasteiger partial charge in [-0.2, -0.15) is 0 Å². The van der Waals surface area contributed by atoms with Gasteiger partial charge in [0.2, 0.25) is 5.91 Å². The molecule has 0 fully saturated rings. The Labute approximate surface area is 277 Å². The lowest BCUT2D eigenvalue weighted by Gasteiger charge is -2.22. The Bertz CT molecular complexity index is 2570. The van der Waals surface area contributed by atoms with Crippen LogP contribution in [0.5, 0.6) is 0 Å². The van der Waals surface area contributed by atoms with Gasteiger partial charge in [0.1, 0.15) is 11.2 Å². The van der Waals surface area contributed by atoms with Crippen LogP contribution in [0, 0.1) is 0 Å². The normalized spacial score (nSPS) is 11.5. The van der Waals surface area contributed by atoms with Gasteiger partial charge in [-0.25, -0.2) is 0 Å². The van der Waals surface area contributed by atoms with Gasteiger partial charge in [0.15, 0.2) is 0 Å². The first-order valence-electron chi connectivity index (χ1n) is 16.1. The van der Waals surface area contributed by atoms with Gasteiger partial charge in [0.05, 0.1) is 11.0 Å². The van der Waals surface area contributed by atoms with E-state index in [2.05, 4.69) is 126 Å². The number of amides is 1. The molecule has 48 heavy (non-hydrogen) atoms. The number of para-hydroxylation sites is 4. The summed E-state index contributed by atoms with van der Waals surface area (Å²) in [5, 5.41) is 4.71. The molecule has 9 aromatic rings. The minimum absolute atomic E-state index is 0.0505. The maximum Gasteiger partial charge on any atom is 0.228 e. The predicted octanol–water partition coefficient (Wildman–Crippen LogP) is 11.7. The molecule has 0 aliphatic heterocycles. The minimum Gasteiger partial charge on any atom is -0.455 e. The molecule has 1 amide bonds. The van der Waals surface area contributed by atoms with Gasteiger partial charge < -0.3 is 8.98 Å². The molecule has 228 valence electrons. The first-order valence-corrected chi connectivity index (χ1v) is 16.1. The van der Waals surface area contributed by atoms with E-state index in [-0.39, 0.29) is 5.91 Å². The van der Waals surface area contributed by atoms with Crippen molar-refractivity contribution < 1.29 is 9.21 Å². The average molecular weight is 619 g/mol. The third-order valence-corrected chi connectivity index (χ3v) is 9.32. The van der Waals surface area contributed by atoms with E-state index in [1.54, 1.807) is 11.8 Å². The van der Waals surface area contributed by atoms with Crippen LogP contribution < -0.4 is 4.90 Å². The molecule has 0 aliphatic carbocycles. The first kappa shape index (κ1) is 27.9. The van der Waals surface area contributed by atoms with Crippen LogP contribution in [0.15, 0.2) is 168 Å². The maximum absolute atomic E-state index is 13.0. The third-order valence-electron chi connectivity index (χ3n) is 9.32. The van der Waals surface area contributed by atoms with Crippen LogP contribution in [-0.4, -0.2) is 10.5 Å². The monoisotopic (exact) mass is 618 g/mol. The molecule has 0 spiro atoms. The fourth-order valence-electron chi connectivity index (χ4n) is 7.08. The third kappa shape index (κ3) is 4.50. The molecular weight excluding hydrogens is 588 g/mol. The van der Waals surface area contributed by atoms with Crippen molar-refractivity contribution >= 4 is 61.0 Å². The molecular formula is C44H30N2O2. The van der Waals surface area contributed by atoms with Crippen molar-refractivity contribution in [3.8, 4) is 27.9 Å². The quantitative estimate of drug-likeness (QED) is 0.192. The lowest BCUT2D eigenvalue weighted by molar-refractivity contribution is -0.115. The number of hydrogen-bond donors (Lipinski definition) is 0. The average Bonchev–Trinajstić information content (AvgIpc) is 3.69. The fourth-order valence-corrected chi connectivity index (χ4v) is 7.08. The fraction of sp³-hybridized carbons (Fsp3) is 0.0227. The summed E-state index contributed by atoms with van der Waals surface area (Å²) in [4.78, 5) is 14.7. The summed E-state index contributed by atoms with van der Waals surface area (Å²) in [6.45, 7) is 1.60. The van der Waals surface area contributed by atoms with Crippen LogP contribution in [0.25, 0.3) is 71.7 Å². The molecule has 0 unspecified atom stereocenters. The molecule has 7 aromatic carbocycles. The number of carbonyl (C=O) groups excluding carboxylic acids is 1. The molecule has 0 saturated heterocycles. The summed E-state index contributed by atoms with van der Waals surface area (Å²) >= 11 is 0. The lowest BCUT2D eigenvalue weighted by Crippen LogP contribution is -2.22. The Morgan fingerprint density at radius 1 is 0.500 bits per heavy atom. The van der Waals surface area contributed by atoms with Crippen LogP contribution in [0.1, 0.15) is 6.92 Å². The molecule has 0 saturated carbocycles. The number of rotatable bonds is 5. The summed E-state index contributed by atoms with van der Waals surface area (Å²) in [6.07, 6.45) is 0. The Morgan fingerprint density at radius 2 is 1.00 bits per heavy atom. The van der Waals surface area contributed by atoms with Crippen molar-refractivity contribution in [3.05, 3.63) is 164 Å². The predicted molar refractivity (Wildman–Crippen MR) is 198 cm³/mol. The second-order valence-corrected chi connectivity index (χ2v) is 12.1. The number of anilines is 2. The number of fused-ring (bicyclic) bond motifs is 6. The zero-order chi connectivity index (χ0) is 32.2.